The van der Waals surface area contributed by atoms with Gasteiger partial charge in [0.25, 0.3) is 5.91 Å². The Bertz CT molecular complexity index is 687. The van der Waals surface area contributed by atoms with E-state index in [1.165, 1.54) is 23.5 Å². The summed E-state index contributed by atoms with van der Waals surface area (Å²) in [5.41, 5.74) is 6.78. The predicted octanol–water partition coefficient (Wildman–Crippen LogP) is 2.01. The Labute approximate surface area is 131 Å². The summed E-state index contributed by atoms with van der Waals surface area (Å²) in [4.78, 5) is 19.5. The molecule has 0 saturated carbocycles. The van der Waals surface area contributed by atoms with Crippen molar-refractivity contribution in [1.29, 1.82) is 0 Å². The Balaban J connectivity index is 1.97. The Morgan fingerprint density at radius 3 is 2.91 bits per heavy atom. The number of carbonyl (C=O) groups excluding carboxylic acids is 1. The summed E-state index contributed by atoms with van der Waals surface area (Å²) in [6, 6.07) is 6.06. The van der Waals surface area contributed by atoms with Crippen LogP contribution in [0.15, 0.2) is 24.3 Å². The molecule has 1 saturated heterocycles. The Morgan fingerprint density at radius 2 is 2.23 bits per heavy atom. The first-order chi connectivity index (χ1) is 10.6. The van der Waals surface area contributed by atoms with Gasteiger partial charge in [-0.25, -0.2) is 9.37 Å². The number of carbonyl (C=O) groups is 1. The number of nitrogens with two attached hydrogens (primary N) is 1. The van der Waals surface area contributed by atoms with Gasteiger partial charge in [0.15, 0.2) is 0 Å². The van der Waals surface area contributed by atoms with Crippen LogP contribution in [0.1, 0.15) is 15.5 Å². The van der Waals surface area contributed by atoms with Crippen molar-refractivity contribution in [1.82, 2.24) is 9.88 Å². The van der Waals surface area contributed by atoms with E-state index in [9.17, 15) is 9.18 Å². The van der Waals surface area contributed by atoms with E-state index in [4.69, 9.17) is 10.5 Å². The van der Waals surface area contributed by atoms with Gasteiger partial charge in [-0.15, -0.1) is 11.3 Å². The number of aryl methyl sites for hydroxylation is 1. The van der Waals surface area contributed by atoms with E-state index < -0.39 is 6.23 Å². The van der Waals surface area contributed by atoms with Gasteiger partial charge >= 0.3 is 0 Å². The van der Waals surface area contributed by atoms with Crippen LogP contribution in [0, 0.1) is 12.7 Å². The Morgan fingerprint density at radius 1 is 1.50 bits per heavy atom. The number of benzene rings is 1. The maximum absolute atomic E-state index is 13.1. The molecular formula is C15H16FN3O2S. The van der Waals surface area contributed by atoms with E-state index >= 15 is 0 Å². The van der Waals surface area contributed by atoms with Crippen molar-refractivity contribution in [3.05, 3.63) is 40.8 Å². The fourth-order valence-electron chi connectivity index (χ4n) is 2.45. The lowest BCUT2D eigenvalue weighted by molar-refractivity contribution is 0.0325. The third-order valence-electron chi connectivity index (χ3n) is 3.50. The molecule has 1 aromatic carbocycles. The van der Waals surface area contributed by atoms with Gasteiger partial charge in [0.2, 0.25) is 0 Å². The standard InChI is InChI=1S/C15H16FN3O2S/c1-9-18-13(15(20)19-6-7-21-12(19)8-17)14(22-9)10-2-4-11(16)5-3-10/h2-5,12H,6-8,17H2,1H3. The van der Waals surface area contributed by atoms with Crippen molar-refractivity contribution in [3.8, 4) is 10.4 Å². The van der Waals surface area contributed by atoms with E-state index in [1.807, 2.05) is 6.92 Å². The number of hydrogen-bond acceptors (Lipinski definition) is 5. The van der Waals surface area contributed by atoms with Crippen molar-refractivity contribution >= 4 is 17.2 Å². The molecule has 1 unspecified atom stereocenters. The zero-order chi connectivity index (χ0) is 15.7. The lowest BCUT2D eigenvalue weighted by Gasteiger charge is -2.21. The maximum Gasteiger partial charge on any atom is 0.276 e. The summed E-state index contributed by atoms with van der Waals surface area (Å²) in [6.07, 6.45) is -0.407. The van der Waals surface area contributed by atoms with Crippen LogP contribution < -0.4 is 5.73 Å². The fourth-order valence-corrected chi connectivity index (χ4v) is 3.37. The van der Waals surface area contributed by atoms with E-state index in [-0.39, 0.29) is 18.3 Å². The second-order valence-electron chi connectivity index (χ2n) is 4.98. The fraction of sp³-hybridized carbons (Fsp3) is 0.333. The molecule has 1 aliphatic heterocycles. The highest BCUT2D eigenvalue weighted by molar-refractivity contribution is 7.15. The predicted molar refractivity (Wildman–Crippen MR) is 82.1 cm³/mol. The van der Waals surface area contributed by atoms with E-state index in [1.54, 1.807) is 17.0 Å². The lowest BCUT2D eigenvalue weighted by Crippen LogP contribution is -2.41. The molecule has 1 fully saturated rings. The van der Waals surface area contributed by atoms with Crippen LogP contribution in [-0.4, -0.2) is 41.7 Å². The number of ether oxygens (including phenoxy) is 1. The number of aromatic nitrogens is 1. The molecular weight excluding hydrogens is 305 g/mol. The average Bonchev–Trinajstić information content (AvgIpc) is 3.13. The number of thiazole rings is 1. The summed E-state index contributed by atoms with van der Waals surface area (Å²) in [5, 5.41) is 0.784. The normalized spacial score (nSPS) is 18.0. The third kappa shape index (κ3) is 2.75. The molecule has 2 N–H and O–H groups in total. The SMILES string of the molecule is Cc1nc(C(=O)N2CCOC2CN)c(-c2ccc(F)cc2)s1. The van der Waals surface area contributed by atoms with E-state index in [0.29, 0.717) is 18.8 Å². The van der Waals surface area contributed by atoms with Gasteiger partial charge in [0, 0.05) is 13.1 Å². The number of rotatable bonds is 3. The highest BCUT2D eigenvalue weighted by Gasteiger charge is 2.32. The topological polar surface area (TPSA) is 68.5 Å². The smallest absolute Gasteiger partial charge is 0.276 e. The van der Waals surface area contributed by atoms with Gasteiger partial charge < -0.3 is 15.4 Å². The monoisotopic (exact) mass is 321 g/mol. The number of halogens is 1. The quantitative estimate of drug-likeness (QED) is 0.939. The molecule has 0 radical (unpaired) electrons. The van der Waals surface area contributed by atoms with E-state index in [2.05, 4.69) is 4.98 Å². The van der Waals surface area contributed by atoms with Crippen molar-refractivity contribution < 1.29 is 13.9 Å². The molecule has 1 amide bonds. The summed E-state index contributed by atoms with van der Waals surface area (Å²) in [7, 11) is 0. The van der Waals surface area contributed by atoms with E-state index in [0.717, 1.165) is 15.4 Å². The molecule has 1 atom stereocenters. The summed E-state index contributed by atoms with van der Waals surface area (Å²) in [6.45, 7) is 3.07. The molecule has 7 heteroatoms. The number of hydrogen-bond donors (Lipinski definition) is 1. The van der Waals surface area contributed by atoms with Gasteiger partial charge in [-0.1, -0.05) is 12.1 Å². The molecule has 22 heavy (non-hydrogen) atoms. The zero-order valence-electron chi connectivity index (χ0n) is 12.1. The Kier molecular flexibility index (Phi) is 4.19. The molecule has 2 aromatic rings. The molecule has 0 spiro atoms. The molecule has 116 valence electrons. The maximum atomic E-state index is 13.1. The summed E-state index contributed by atoms with van der Waals surface area (Å²) in [5.74, 6) is -0.509. The third-order valence-corrected chi connectivity index (χ3v) is 4.52. The van der Waals surface area contributed by atoms with Crippen LogP contribution in [0.5, 0.6) is 0 Å². The minimum atomic E-state index is -0.407. The van der Waals surface area contributed by atoms with Crippen LogP contribution in [0.4, 0.5) is 4.39 Å². The van der Waals surface area contributed by atoms with Gasteiger partial charge in [-0.05, 0) is 24.6 Å². The van der Waals surface area contributed by atoms with Crippen LogP contribution in [0.2, 0.25) is 0 Å². The first-order valence-corrected chi connectivity index (χ1v) is 7.78. The van der Waals surface area contributed by atoms with Crippen molar-refractivity contribution in [3.63, 3.8) is 0 Å². The van der Waals surface area contributed by atoms with Crippen LogP contribution in [0.3, 0.4) is 0 Å². The number of amides is 1. The largest absolute Gasteiger partial charge is 0.355 e. The molecule has 2 heterocycles. The van der Waals surface area contributed by atoms with Gasteiger partial charge in [0.05, 0.1) is 16.5 Å². The second kappa shape index (κ2) is 6.12. The van der Waals surface area contributed by atoms with Crippen LogP contribution >= 0.6 is 11.3 Å². The molecule has 0 bridgehead atoms. The highest BCUT2D eigenvalue weighted by atomic mass is 32.1. The molecule has 5 nitrogen and oxygen atoms in total. The zero-order valence-corrected chi connectivity index (χ0v) is 12.9. The Hall–Kier alpha value is -1.83. The highest BCUT2D eigenvalue weighted by Crippen LogP contribution is 2.31. The molecule has 1 aliphatic rings. The first kappa shape index (κ1) is 15.1. The minimum Gasteiger partial charge on any atom is -0.355 e. The summed E-state index contributed by atoms with van der Waals surface area (Å²) < 4.78 is 18.5. The molecule has 0 aliphatic carbocycles. The average molecular weight is 321 g/mol. The first-order valence-electron chi connectivity index (χ1n) is 6.96. The van der Waals surface area contributed by atoms with Crippen molar-refractivity contribution in [2.24, 2.45) is 5.73 Å². The molecule has 1 aromatic heterocycles. The lowest BCUT2D eigenvalue weighted by atomic mass is 10.1. The van der Waals surface area contributed by atoms with Crippen LogP contribution in [0.25, 0.3) is 10.4 Å². The van der Waals surface area contributed by atoms with Gasteiger partial charge in [0.1, 0.15) is 17.7 Å². The minimum absolute atomic E-state index is 0.198. The van der Waals surface area contributed by atoms with Crippen molar-refractivity contribution in [2.45, 2.75) is 13.2 Å². The van der Waals surface area contributed by atoms with Gasteiger partial charge in [-0.3, -0.25) is 4.79 Å². The van der Waals surface area contributed by atoms with Crippen LogP contribution in [-0.2, 0) is 4.74 Å². The molecule has 3 rings (SSSR count). The van der Waals surface area contributed by atoms with Crippen molar-refractivity contribution in [2.75, 3.05) is 19.7 Å². The van der Waals surface area contributed by atoms with Gasteiger partial charge in [-0.2, -0.15) is 0 Å². The number of nitrogens with zero attached hydrogens (tertiary/aromatic N) is 2. The summed E-state index contributed by atoms with van der Waals surface area (Å²) >= 11 is 1.42. The second-order valence-corrected chi connectivity index (χ2v) is 6.18.